The number of hydrogen-bond acceptors (Lipinski definition) is 6. The van der Waals surface area contributed by atoms with Crippen molar-refractivity contribution in [3.05, 3.63) is 5.82 Å². The van der Waals surface area contributed by atoms with Crippen LogP contribution in [0.5, 0.6) is 0 Å². The highest BCUT2D eigenvalue weighted by atomic mass is 32.1. The molecule has 2 N–H and O–H groups in total. The molecule has 20 heavy (non-hydrogen) atoms. The molecule has 2 heterocycles. The van der Waals surface area contributed by atoms with Crippen molar-refractivity contribution in [1.82, 2.24) is 14.3 Å². The Bertz CT molecular complexity index is 381. The Labute approximate surface area is 126 Å². The average molecular weight is 297 g/mol. The first-order valence-electron chi connectivity index (χ1n) is 7.83. The van der Waals surface area contributed by atoms with E-state index in [-0.39, 0.29) is 0 Å². The van der Waals surface area contributed by atoms with E-state index >= 15 is 0 Å². The number of hydrogen-bond donors (Lipinski definition) is 1. The highest BCUT2D eigenvalue weighted by molar-refractivity contribution is 7.09. The van der Waals surface area contributed by atoms with Crippen LogP contribution in [0, 0.1) is 0 Å². The monoisotopic (exact) mass is 297 g/mol. The quantitative estimate of drug-likeness (QED) is 0.777. The van der Waals surface area contributed by atoms with Crippen LogP contribution in [-0.2, 0) is 6.42 Å². The van der Waals surface area contributed by atoms with Crippen molar-refractivity contribution in [3.63, 3.8) is 0 Å². The molecule has 0 bridgehead atoms. The Morgan fingerprint density at radius 3 is 2.90 bits per heavy atom. The fraction of sp³-hybridized carbons (Fsp3) is 0.857. The van der Waals surface area contributed by atoms with Gasteiger partial charge in [0.2, 0.25) is 5.13 Å². The van der Waals surface area contributed by atoms with Gasteiger partial charge in [0.05, 0.1) is 0 Å². The lowest BCUT2D eigenvalue weighted by Gasteiger charge is -2.21. The number of nitrogens with zero attached hydrogens (tertiary/aromatic N) is 4. The number of aromatic nitrogens is 2. The van der Waals surface area contributed by atoms with E-state index in [4.69, 9.17) is 5.73 Å². The second-order valence-corrected chi connectivity index (χ2v) is 6.15. The van der Waals surface area contributed by atoms with Crippen molar-refractivity contribution in [2.45, 2.75) is 39.0 Å². The van der Waals surface area contributed by atoms with Gasteiger partial charge < -0.3 is 15.5 Å². The summed E-state index contributed by atoms with van der Waals surface area (Å²) in [6, 6.07) is 0. The predicted molar refractivity (Wildman–Crippen MR) is 85.5 cm³/mol. The van der Waals surface area contributed by atoms with Crippen LogP contribution in [0.3, 0.4) is 0 Å². The Hall–Kier alpha value is -0.720. The van der Waals surface area contributed by atoms with Gasteiger partial charge >= 0.3 is 0 Å². The van der Waals surface area contributed by atoms with E-state index < -0.39 is 0 Å². The highest BCUT2D eigenvalue weighted by Gasteiger charge is 2.17. The summed E-state index contributed by atoms with van der Waals surface area (Å²) in [6.07, 6.45) is 5.68. The molecule has 1 aliphatic heterocycles. The zero-order valence-electron chi connectivity index (χ0n) is 12.6. The van der Waals surface area contributed by atoms with Crippen molar-refractivity contribution < 1.29 is 0 Å². The molecular formula is C14H27N5S. The van der Waals surface area contributed by atoms with Gasteiger partial charge in [-0.05, 0) is 45.3 Å². The van der Waals surface area contributed by atoms with Crippen LogP contribution in [0.25, 0.3) is 0 Å². The summed E-state index contributed by atoms with van der Waals surface area (Å²) in [5, 5.41) is 1.11. The van der Waals surface area contributed by atoms with E-state index in [9.17, 15) is 0 Å². The Morgan fingerprint density at radius 1 is 1.20 bits per heavy atom. The molecule has 1 aromatic rings. The first kappa shape index (κ1) is 15.7. The zero-order chi connectivity index (χ0) is 14.2. The first-order chi connectivity index (χ1) is 9.83. The molecule has 5 nitrogen and oxygen atoms in total. The normalized spacial score (nSPS) is 17.4. The smallest absolute Gasteiger partial charge is 0.205 e. The van der Waals surface area contributed by atoms with Crippen LogP contribution < -0.4 is 10.6 Å². The van der Waals surface area contributed by atoms with Crippen molar-refractivity contribution in [2.75, 3.05) is 44.2 Å². The maximum Gasteiger partial charge on any atom is 0.205 e. The standard InChI is InChI=1S/C14H27N5S/c1-2-6-13-16-14(20-17-13)19-10-5-9-18(11-12-19)8-4-3-7-15/h2-12,15H2,1H3. The molecule has 0 radical (unpaired) electrons. The topological polar surface area (TPSA) is 58.3 Å². The number of anilines is 1. The maximum atomic E-state index is 5.56. The van der Waals surface area contributed by atoms with Crippen LogP contribution >= 0.6 is 11.5 Å². The molecule has 1 saturated heterocycles. The molecule has 0 aliphatic carbocycles. The van der Waals surface area contributed by atoms with Gasteiger partial charge in [-0.25, -0.2) is 4.98 Å². The van der Waals surface area contributed by atoms with Gasteiger partial charge in [-0.1, -0.05) is 6.92 Å². The summed E-state index contributed by atoms with van der Waals surface area (Å²) in [6.45, 7) is 8.67. The Balaban J connectivity index is 1.82. The van der Waals surface area contributed by atoms with E-state index in [0.29, 0.717) is 0 Å². The average Bonchev–Trinajstić information content (AvgIpc) is 2.78. The van der Waals surface area contributed by atoms with Gasteiger partial charge in [-0.15, -0.1) is 0 Å². The second-order valence-electron chi connectivity index (χ2n) is 5.42. The van der Waals surface area contributed by atoms with Gasteiger partial charge in [0, 0.05) is 37.6 Å². The van der Waals surface area contributed by atoms with Gasteiger partial charge in [-0.2, -0.15) is 4.37 Å². The van der Waals surface area contributed by atoms with E-state index in [2.05, 4.69) is 26.1 Å². The fourth-order valence-electron chi connectivity index (χ4n) is 2.56. The van der Waals surface area contributed by atoms with E-state index in [0.717, 1.165) is 56.4 Å². The molecule has 6 heteroatoms. The molecule has 0 saturated carbocycles. The number of rotatable bonds is 7. The third kappa shape index (κ3) is 4.68. The van der Waals surface area contributed by atoms with Crippen LogP contribution in [-0.4, -0.2) is 53.5 Å². The van der Waals surface area contributed by atoms with Gasteiger partial charge in [0.1, 0.15) is 5.82 Å². The summed E-state index contributed by atoms with van der Waals surface area (Å²) < 4.78 is 4.45. The molecule has 0 aromatic carbocycles. The van der Waals surface area contributed by atoms with Gasteiger partial charge in [-0.3, -0.25) is 0 Å². The SMILES string of the molecule is CCCc1nsc(N2CCCN(CCCCN)CC2)n1. The minimum absolute atomic E-state index is 0.810. The van der Waals surface area contributed by atoms with E-state index in [1.165, 1.54) is 25.9 Å². The van der Waals surface area contributed by atoms with Crippen LogP contribution in [0.15, 0.2) is 0 Å². The number of unbranched alkanes of at least 4 members (excludes halogenated alkanes) is 1. The van der Waals surface area contributed by atoms with Gasteiger partial charge in [0.15, 0.2) is 0 Å². The van der Waals surface area contributed by atoms with Crippen LogP contribution in [0.2, 0.25) is 0 Å². The molecule has 1 fully saturated rings. The van der Waals surface area contributed by atoms with Crippen molar-refractivity contribution in [2.24, 2.45) is 5.73 Å². The third-order valence-corrected chi connectivity index (χ3v) is 4.53. The number of nitrogens with two attached hydrogens (primary N) is 1. The maximum absolute atomic E-state index is 5.56. The third-order valence-electron chi connectivity index (χ3n) is 3.72. The summed E-state index contributed by atoms with van der Waals surface area (Å²) >= 11 is 1.56. The molecular weight excluding hydrogens is 270 g/mol. The number of aryl methyl sites for hydroxylation is 1. The van der Waals surface area contributed by atoms with Gasteiger partial charge in [0.25, 0.3) is 0 Å². The minimum Gasteiger partial charge on any atom is -0.346 e. The molecule has 1 aliphatic rings. The molecule has 0 atom stereocenters. The molecule has 0 spiro atoms. The van der Waals surface area contributed by atoms with Crippen LogP contribution in [0.1, 0.15) is 38.4 Å². The Morgan fingerprint density at radius 2 is 2.10 bits per heavy atom. The van der Waals surface area contributed by atoms with E-state index in [1.54, 1.807) is 11.5 Å². The molecule has 114 valence electrons. The first-order valence-corrected chi connectivity index (χ1v) is 8.60. The fourth-order valence-corrected chi connectivity index (χ4v) is 3.33. The largest absolute Gasteiger partial charge is 0.346 e. The van der Waals surface area contributed by atoms with E-state index in [1.807, 2.05) is 0 Å². The Kier molecular flexibility index (Phi) is 6.69. The lowest BCUT2D eigenvalue weighted by molar-refractivity contribution is 0.288. The summed E-state index contributed by atoms with van der Waals surface area (Å²) in [7, 11) is 0. The molecule has 0 amide bonds. The predicted octanol–water partition coefficient (Wildman–Crippen LogP) is 1.74. The second kappa shape index (κ2) is 8.54. The molecule has 0 unspecified atom stereocenters. The minimum atomic E-state index is 0.810. The lowest BCUT2D eigenvalue weighted by Crippen LogP contribution is -2.31. The van der Waals surface area contributed by atoms with Crippen molar-refractivity contribution >= 4 is 16.7 Å². The summed E-state index contributed by atoms with van der Waals surface area (Å²) in [5.74, 6) is 1.01. The summed E-state index contributed by atoms with van der Waals surface area (Å²) in [4.78, 5) is 9.63. The highest BCUT2D eigenvalue weighted by Crippen LogP contribution is 2.19. The van der Waals surface area contributed by atoms with Crippen molar-refractivity contribution in [3.8, 4) is 0 Å². The molecule has 1 aromatic heterocycles. The summed E-state index contributed by atoms with van der Waals surface area (Å²) in [5.41, 5.74) is 5.56. The van der Waals surface area contributed by atoms with Crippen molar-refractivity contribution in [1.29, 1.82) is 0 Å². The lowest BCUT2D eigenvalue weighted by atomic mass is 10.3. The zero-order valence-corrected chi connectivity index (χ0v) is 13.4. The van der Waals surface area contributed by atoms with Crippen LogP contribution in [0.4, 0.5) is 5.13 Å². The molecule has 2 rings (SSSR count).